The van der Waals surface area contributed by atoms with E-state index in [4.69, 9.17) is 11.6 Å². The first-order valence-corrected chi connectivity index (χ1v) is 8.12. The molecule has 22 heavy (non-hydrogen) atoms. The standard InChI is InChI=1S/C16H22ClN3O.ClH/c17-13-1-3-15(4-2-13)20-10-7-14(11-20)19-16(21)12-5-8-18-9-6-12;/h1-4,12,14,18H,5-11H2,(H,19,21);1H. The average molecular weight is 344 g/mol. The molecule has 0 saturated carbocycles. The van der Waals surface area contributed by atoms with Crippen LogP contribution < -0.4 is 15.5 Å². The fraction of sp³-hybridized carbons (Fsp3) is 0.562. The second kappa shape index (κ2) is 8.04. The summed E-state index contributed by atoms with van der Waals surface area (Å²) >= 11 is 5.92. The van der Waals surface area contributed by atoms with Crippen molar-refractivity contribution in [3.63, 3.8) is 0 Å². The molecule has 2 heterocycles. The van der Waals surface area contributed by atoms with Gasteiger partial charge in [-0.1, -0.05) is 11.6 Å². The number of piperidine rings is 1. The van der Waals surface area contributed by atoms with Gasteiger partial charge < -0.3 is 15.5 Å². The van der Waals surface area contributed by atoms with Gasteiger partial charge in [0.2, 0.25) is 5.91 Å². The molecule has 2 aliphatic rings. The van der Waals surface area contributed by atoms with Crippen molar-refractivity contribution in [2.75, 3.05) is 31.1 Å². The van der Waals surface area contributed by atoms with Crippen LogP contribution in [0.2, 0.25) is 5.02 Å². The van der Waals surface area contributed by atoms with Gasteiger partial charge in [-0.2, -0.15) is 0 Å². The summed E-state index contributed by atoms with van der Waals surface area (Å²) in [6, 6.07) is 8.18. The Balaban J connectivity index is 0.00000176. The van der Waals surface area contributed by atoms with Crippen LogP contribution in [-0.4, -0.2) is 38.1 Å². The highest BCUT2D eigenvalue weighted by atomic mass is 35.5. The number of halogens is 2. The van der Waals surface area contributed by atoms with Gasteiger partial charge >= 0.3 is 0 Å². The zero-order valence-corrected chi connectivity index (χ0v) is 14.1. The Morgan fingerprint density at radius 1 is 1.18 bits per heavy atom. The summed E-state index contributed by atoms with van der Waals surface area (Å²) in [7, 11) is 0. The molecule has 1 atom stereocenters. The van der Waals surface area contributed by atoms with E-state index >= 15 is 0 Å². The Morgan fingerprint density at radius 3 is 2.55 bits per heavy atom. The van der Waals surface area contributed by atoms with E-state index in [9.17, 15) is 4.79 Å². The number of amides is 1. The number of anilines is 1. The fourth-order valence-corrected chi connectivity index (χ4v) is 3.29. The Morgan fingerprint density at radius 2 is 1.86 bits per heavy atom. The van der Waals surface area contributed by atoms with Gasteiger partial charge in [-0.05, 0) is 56.6 Å². The SMILES string of the molecule is Cl.O=C(NC1CCN(c2ccc(Cl)cc2)C1)C1CCNCC1. The number of rotatable bonds is 3. The van der Waals surface area contributed by atoms with Crippen molar-refractivity contribution in [1.29, 1.82) is 0 Å². The second-order valence-corrected chi connectivity index (χ2v) is 6.38. The molecule has 0 radical (unpaired) electrons. The Hall–Kier alpha value is -0.970. The number of carbonyl (C=O) groups is 1. The van der Waals surface area contributed by atoms with Crippen LogP contribution in [0.4, 0.5) is 5.69 Å². The summed E-state index contributed by atoms with van der Waals surface area (Å²) < 4.78 is 0. The van der Waals surface area contributed by atoms with Crippen LogP contribution in [0.3, 0.4) is 0 Å². The number of nitrogens with zero attached hydrogens (tertiary/aromatic N) is 1. The van der Waals surface area contributed by atoms with Crippen LogP contribution in [0.25, 0.3) is 0 Å². The van der Waals surface area contributed by atoms with Crippen molar-refractivity contribution in [1.82, 2.24) is 10.6 Å². The van der Waals surface area contributed by atoms with Gasteiger partial charge in [-0.25, -0.2) is 0 Å². The van der Waals surface area contributed by atoms with Crippen LogP contribution in [-0.2, 0) is 4.79 Å². The Bertz CT molecular complexity index is 489. The number of hydrogen-bond acceptors (Lipinski definition) is 3. The second-order valence-electron chi connectivity index (χ2n) is 5.94. The van der Waals surface area contributed by atoms with Crippen molar-refractivity contribution >= 4 is 35.6 Å². The quantitative estimate of drug-likeness (QED) is 0.885. The molecule has 2 N–H and O–H groups in total. The molecule has 2 saturated heterocycles. The molecule has 122 valence electrons. The Labute approximate surface area is 143 Å². The molecule has 2 fully saturated rings. The van der Waals surface area contributed by atoms with Crippen molar-refractivity contribution in [2.45, 2.75) is 25.3 Å². The zero-order valence-electron chi connectivity index (χ0n) is 12.6. The third-order valence-corrected chi connectivity index (χ3v) is 4.69. The van der Waals surface area contributed by atoms with E-state index in [-0.39, 0.29) is 30.3 Å². The van der Waals surface area contributed by atoms with E-state index in [0.717, 1.165) is 50.5 Å². The predicted octanol–water partition coefficient (Wildman–Crippen LogP) is 2.46. The van der Waals surface area contributed by atoms with Crippen molar-refractivity contribution < 1.29 is 4.79 Å². The summed E-state index contributed by atoms with van der Waals surface area (Å²) in [4.78, 5) is 14.6. The minimum atomic E-state index is 0. The van der Waals surface area contributed by atoms with E-state index in [2.05, 4.69) is 15.5 Å². The molecule has 1 aromatic rings. The molecule has 0 spiro atoms. The van der Waals surface area contributed by atoms with Crippen molar-refractivity contribution in [3.05, 3.63) is 29.3 Å². The number of nitrogens with one attached hydrogen (secondary N) is 2. The van der Waals surface area contributed by atoms with E-state index in [1.807, 2.05) is 24.3 Å². The largest absolute Gasteiger partial charge is 0.369 e. The highest BCUT2D eigenvalue weighted by Gasteiger charge is 2.27. The molecular formula is C16H23Cl2N3O. The smallest absolute Gasteiger partial charge is 0.223 e. The predicted molar refractivity (Wildman–Crippen MR) is 93.1 cm³/mol. The van der Waals surface area contributed by atoms with Gasteiger partial charge in [-0.15, -0.1) is 12.4 Å². The van der Waals surface area contributed by atoms with Gasteiger partial charge in [0.15, 0.2) is 0 Å². The summed E-state index contributed by atoms with van der Waals surface area (Å²) in [6.07, 6.45) is 2.93. The first-order valence-electron chi connectivity index (χ1n) is 7.74. The van der Waals surface area contributed by atoms with Crippen LogP contribution in [0.5, 0.6) is 0 Å². The van der Waals surface area contributed by atoms with Crippen LogP contribution in [0.15, 0.2) is 24.3 Å². The maximum absolute atomic E-state index is 12.3. The number of benzene rings is 1. The lowest BCUT2D eigenvalue weighted by Crippen LogP contribution is -2.43. The normalized spacial score (nSPS) is 22.2. The third kappa shape index (κ3) is 4.28. The molecule has 6 heteroatoms. The van der Waals surface area contributed by atoms with Gasteiger partial charge in [0.1, 0.15) is 0 Å². The molecular weight excluding hydrogens is 321 g/mol. The highest BCUT2D eigenvalue weighted by Crippen LogP contribution is 2.23. The lowest BCUT2D eigenvalue weighted by Gasteiger charge is -2.24. The molecule has 1 amide bonds. The van der Waals surface area contributed by atoms with Gasteiger partial charge in [-0.3, -0.25) is 4.79 Å². The lowest BCUT2D eigenvalue weighted by molar-refractivity contribution is -0.126. The van der Waals surface area contributed by atoms with E-state index in [1.165, 1.54) is 5.69 Å². The zero-order chi connectivity index (χ0) is 14.7. The van der Waals surface area contributed by atoms with Crippen LogP contribution in [0.1, 0.15) is 19.3 Å². The molecule has 3 rings (SSSR count). The van der Waals surface area contributed by atoms with Gasteiger partial charge in [0, 0.05) is 35.8 Å². The summed E-state index contributed by atoms with van der Waals surface area (Å²) in [5.41, 5.74) is 1.18. The number of carbonyl (C=O) groups excluding carboxylic acids is 1. The molecule has 1 aromatic carbocycles. The minimum Gasteiger partial charge on any atom is -0.369 e. The van der Waals surface area contributed by atoms with Crippen LogP contribution >= 0.6 is 24.0 Å². The van der Waals surface area contributed by atoms with E-state index in [1.54, 1.807) is 0 Å². The van der Waals surface area contributed by atoms with E-state index in [0.29, 0.717) is 0 Å². The summed E-state index contributed by atoms with van der Waals surface area (Å²) in [6.45, 7) is 3.79. The summed E-state index contributed by atoms with van der Waals surface area (Å²) in [5, 5.41) is 7.28. The first kappa shape index (κ1) is 17.4. The lowest BCUT2D eigenvalue weighted by atomic mass is 9.97. The molecule has 2 aliphatic heterocycles. The van der Waals surface area contributed by atoms with Crippen molar-refractivity contribution in [3.8, 4) is 0 Å². The summed E-state index contributed by atoms with van der Waals surface area (Å²) in [5.74, 6) is 0.426. The average Bonchev–Trinajstić information content (AvgIpc) is 2.97. The van der Waals surface area contributed by atoms with Crippen molar-refractivity contribution in [2.24, 2.45) is 5.92 Å². The molecule has 0 bridgehead atoms. The van der Waals surface area contributed by atoms with Gasteiger partial charge in [0.05, 0.1) is 0 Å². The number of hydrogen-bond donors (Lipinski definition) is 2. The highest BCUT2D eigenvalue weighted by molar-refractivity contribution is 6.30. The van der Waals surface area contributed by atoms with Crippen LogP contribution in [0, 0.1) is 5.92 Å². The first-order chi connectivity index (χ1) is 10.2. The molecule has 0 aliphatic carbocycles. The molecule has 4 nitrogen and oxygen atoms in total. The topological polar surface area (TPSA) is 44.4 Å². The monoisotopic (exact) mass is 343 g/mol. The minimum absolute atomic E-state index is 0. The van der Waals surface area contributed by atoms with Gasteiger partial charge in [0.25, 0.3) is 0 Å². The molecule has 0 aromatic heterocycles. The third-order valence-electron chi connectivity index (χ3n) is 4.44. The van der Waals surface area contributed by atoms with E-state index < -0.39 is 0 Å². The Kier molecular flexibility index (Phi) is 6.36. The fourth-order valence-electron chi connectivity index (χ4n) is 3.17. The molecule has 1 unspecified atom stereocenters. The maximum atomic E-state index is 12.3. The maximum Gasteiger partial charge on any atom is 0.223 e.